The molecule has 1 aromatic carbocycles. The number of benzene rings is 1. The first kappa shape index (κ1) is 23.0. The van der Waals surface area contributed by atoms with E-state index in [0.717, 1.165) is 41.5 Å². The summed E-state index contributed by atoms with van der Waals surface area (Å²) in [6.07, 6.45) is 10.6. The zero-order chi connectivity index (χ0) is 24.5. The van der Waals surface area contributed by atoms with Crippen molar-refractivity contribution in [3.8, 4) is 11.6 Å². The van der Waals surface area contributed by atoms with E-state index < -0.39 is 0 Å². The lowest BCUT2D eigenvalue weighted by Gasteiger charge is -2.29. The monoisotopic (exact) mass is 515 g/mol. The highest BCUT2D eigenvalue weighted by Gasteiger charge is 2.42. The van der Waals surface area contributed by atoms with Crippen molar-refractivity contribution in [2.75, 3.05) is 4.90 Å². The molecule has 1 saturated heterocycles. The average Bonchev–Trinajstić information content (AvgIpc) is 3.66. The third-order valence-corrected chi connectivity index (χ3v) is 7.40. The fourth-order valence-corrected chi connectivity index (χ4v) is 5.63. The van der Waals surface area contributed by atoms with Crippen LogP contribution < -0.4 is 15.0 Å². The van der Waals surface area contributed by atoms with Crippen LogP contribution in [0, 0.1) is 0 Å². The Hall–Kier alpha value is -3.42. The first-order chi connectivity index (χ1) is 17.7. The number of nitrogens with one attached hydrogen (secondary N) is 1. The Bertz CT molecular complexity index is 1340. The van der Waals surface area contributed by atoms with Gasteiger partial charge in [0.05, 0.1) is 22.9 Å². The SMILES string of the molecule is S=C1N[C@@H](c2ccccn2)[C@H](c2cccn2-c2ccc(Cl)cn2)N1c1ccc(OC2CCCC2)cc1. The molecule has 4 heterocycles. The first-order valence-corrected chi connectivity index (χ1v) is 13.0. The fraction of sp³-hybridized carbons (Fsp3) is 0.250. The van der Waals surface area contributed by atoms with Crippen LogP contribution in [-0.2, 0) is 0 Å². The summed E-state index contributed by atoms with van der Waals surface area (Å²) >= 11 is 12.0. The highest BCUT2D eigenvalue weighted by molar-refractivity contribution is 7.80. The van der Waals surface area contributed by atoms with Crippen LogP contribution in [0.5, 0.6) is 5.75 Å². The second-order valence-electron chi connectivity index (χ2n) is 9.15. The first-order valence-electron chi connectivity index (χ1n) is 12.2. The zero-order valence-corrected chi connectivity index (χ0v) is 21.2. The number of halogens is 1. The van der Waals surface area contributed by atoms with Gasteiger partial charge in [0.15, 0.2) is 5.11 Å². The van der Waals surface area contributed by atoms with E-state index in [1.54, 1.807) is 6.20 Å². The van der Waals surface area contributed by atoms with Crippen LogP contribution in [0.25, 0.3) is 5.82 Å². The van der Waals surface area contributed by atoms with Crippen LogP contribution in [-0.4, -0.2) is 25.8 Å². The van der Waals surface area contributed by atoms with Gasteiger partial charge in [-0.15, -0.1) is 0 Å². The van der Waals surface area contributed by atoms with Crippen molar-refractivity contribution in [2.45, 2.75) is 43.9 Å². The second kappa shape index (κ2) is 9.91. The zero-order valence-electron chi connectivity index (χ0n) is 19.6. The van der Waals surface area contributed by atoms with Crippen LogP contribution in [0.2, 0.25) is 5.02 Å². The lowest BCUT2D eigenvalue weighted by molar-refractivity contribution is 0.210. The van der Waals surface area contributed by atoms with Gasteiger partial charge in [-0.2, -0.15) is 0 Å². The molecule has 4 aromatic rings. The van der Waals surface area contributed by atoms with Crippen molar-refractivity contribution in [3.63, 3.8) is 0 Å². The minimum atomic E-state index is -0.151. The molecular formula is C28H26ClN5OS. The highest BCUT2D eigenvalue weighted by Crippen LogP contribution is 2.42. The number of aromatic nitrogens is 3. The molecule has 0 unspecified atom stereocenters. The molecule has 0 amide bonds. The molecule has 1 saturated carbocycles. The van der Waals surface area contributed by atoms with E-state index in [2.05, 4.69) is 43.0 Å². The molecule has 0 radical (unpaired) electrons. The summed E-state index contributed by atoms with van der Waals surface area (Å²) in [7, 11) is 0. The smallest absolute Gasteiger partial charge is 0.174 e. The van der Waals surface area contributed by atoms with Crippen LogP contribution in [0.4, 0.5) is 5.69 Å². The number of hydrogen-bond acceptors (Lipinski definition) is 4. The van der Waals surface area contributed by atoms with Gasteiger partial charge in [-0.3, -0.25) is 4.98 Å². The molecule has 1 aliphatic carbocycles. The number of anilines is 1. The van der Waals surface area contributed by atoms with Crippen molar-refractivity contribution in [3.05, 3.63) is 102 Å². The third-order valence-electron chi connectivity index (χ3n) is 6.86. The topological polar surface area (TPSA) is 55.2 Å². The number of hydrogen-bond donors (Lipinski definition) is 1. The number of nitrogens with zero attached hydrogens (tertiary/aromatic N) is 4. The van der Waals surface area contributed by atoms with Gasteiger partial charge < -0.3 is 19.5 Å². The second-order valence-corrected chi connectivity index (χ2v) is 9.98. The summed E-state index contributed by atoms with van der Waals surface area (Å²) in [6, 6.07) is 21.8. The molecule has 6 nitrogen and oxygen atoms in total. The Labute approximate surface area is 220 Å². The van der Waals surface area contributed by atoms with E-state index in [-0.39, 0.29) is 12.1 Å². The highest BCUT2D eigenvalue weighted by atomic mass is 35.5. The largest absolute Gasteiger partial charge is 0.490 e. The summed E-state index contributed by atoms with van der Waals surface area (Å²) in [5.74, 6) is 1.69. The minimum absolute atomic E-state index is 0.144. The summed E-state index contributed by atoms with van der Waals surface area (Å²) < 4.78 is 8.28. The lowest BCUT2D eigenvalue weighted by Crippen LogP contribution is -2.30. The Balaban J connectivity index is 1.39. The van der Waals surface area contributed by atoms with E-state index >= 15 is 0 Å². The van der Waals surface area contributed by atoms with Crippen LogP contribution in [0.3, 0.4) is 0 Å². The maximum absolute atomic E-state index is 6.20. The molecule has 2 aliphatic rings. The Morgan fingerprint density at radius 2 is 1.78 bits per heavy atom. The van der Waals surface area contributed by atoms with Crippen LogP contribution in [0.1, 0.15) is 49.2 Å². The van der Waals surface area contributed by atoms with Crippen LogP contribution in [0.15, 0.2) is 85.3 Å². The fourth-order valence-electron chi connectivity index (χ4n) is 5.17. The number of rotatable bonds is 6. The molecule has 8 heteroatoms. The maximum Gasteiger partial charge on any atom is 0.174 e. The van der Waals surface area contributed by atoms with Gasteiger partial charge >= 0.3 is 0 Å². The van der Waals surface area contributed by atoms with Gasteiger partial charge in [0.25, 0.3) is 0 Å². The maximum atomic E-state index is 6.20. The molecule has 0 bridgehead atoms. The summed E-state index contributed by atoms with van der Waals surface area (Å²) in [4.78, 5) is 11.4. The average molecular weight is 516 g/mol. The molecule has 2 atom stereocenters. The molecule has 1 N–H and O–H groups in total. The molecule has 3 aromatic heterocycles. The van der Waals surface area contributed by atoms with Crippen molar-refractivity contribution in [1.29, 1.82) is 0 Å². The summed E-state index contributed by atoms with van der Waals surface area (Å²) in [6.45, 7) is 0. The summed E-state index contributed by atoms with van der Waals surface area (Å²) in [5, 5.41) is 4.78. The normalized spacial score (nSPS) is 20.0. The number of ether oxygens (including phenoxy) is 1. The van der Waals surface area contributed by atoms with Crippen molar-refractivity contribution >= 4 is 34.6 Å². The van der Waals surface area contributed by atoms with E-state index in [0.29, 0.717) is 16.2 Å². The standard InChI is InChI=1S/C28H26ClN5OS/c29-19-10-15-25(31-18-19)33-17-5-9-24(33)27-26(23-8-3-4-16-30-23)32-28(36)34(27)20-11-13-22(14-12-20)35-21-6-1-2-7-21/h3-5,8-18,21,26-27H,1-2,6-7H2,(H,32,36)/t26-,27-/m0/s1. The molecule has 1 aliphatic heterocycles. The summed E-state index contributed by atoms with van der Waals surface area (Å²) in [5.41, 5.74) is 2.95. The van der Waals surface area contributed by atoms with Gasteiger partial charge in [-0.25, -0.2) is 4.98 Å². The predicted octanol–water partition coefficient (Wildman–Crippen LogP) is 6.42. The molecule has 2 fully saturated rings. The van der Waals surface area contributed by atoms with Gasteiger partial charge in [-0.05, 0) is 98.6 Å². The number of pyridine rings is 2. The van der Waals surface area contributed by atoms with Gasteiger partial charge in [-0.1, -0.05) is 17.7 Å². The minimum Gasteiger partial charge on any atom is -0.490 e. The van der Waals surface area contributed by atoms with Crippen molar-refractivity contribution < 1.29 is 4.74 Å². The molecular weight excluding hydrogens is 490 g/mol. The molecule has 0 spiro atoms. The molecule has 36 heavy (non-hydrogen) atoms. The van der Waals surface area contributed by atoms with E-state index in [1.165, 1.54) is 12.8 Å². The lowest BCUT2D eigenvalue weighted by atomic mass is 10.0. The number of thiocarbonyl (C=S) groups is 1. The van der Waals surface area contributed by atoms with Crippen molar-refractivity contribution in [2.24, 2.45) is 0 Å². The van der Waals surface area contributed by atoms with Crippen molar-refractivity contribution in [1.82, 2.24) is 19.9 Å². The molecule has 182 valence electrons. The van der Waals surface area contributed by atoms with E-state index in [1.807, 2.05) is 60.9 Å². The molecule has 6 rings (SSSR count). The van der Waals surface area contributed by atoms with Gasteiger partial charge in [0, 0.05) is 30.0 Å². The van der Waals surface area contributed by atoms with E-state index in [9.17, 15) is 0 Å². The quantitative estimate of drug-likeness (QED) is 0.299. The third kappa shape index (κ3) is 4.45. The Morgan fingerprint density at radius 1 is 0.944 bits per heavy atom. The van der Waals surface area contributed by atoms with Gasteiger partial charge in [0.2, 0.25) is 0 Å². The van der Waals surface area contributed by atoms with Crippen LogP contribution >= 0.6 is 23.8 Å². The van der Waals surface area contributed by atoms with Gasteiger partial charge in [0.1, 0.15) is 17.6 Å². The van der Waals surface area contributed by atoms with E-state index in [4.69, 9.17) is 28.6 Å². The Morgan fingerprint density at radius 3 is 2.50 bits per heavy atom. The Kier molecular flexibility index (Phi) is 6.34. The predicted molar refractivity (Wildman–Crippen MR) is 146 cm³/mol.